The van der Waals surface area contributed by atoms with Crippen molar-refractivity contribution in [1.29, 1.82) is 0 Å². The number of nitrogens with zero attached hydrogens (tertiary/aromatic N) is 1. The fourth-order valence-electron chi connectivity index (χ4n) is 3.71. The number of nitrogens with one attached hydrogen (secondary N) is 1. The maximum Gasteiger partial charge on any atom is 0.243 e. The zero-order chi connectivity index (χ0) is 25.4. The van der Waals surface area contributed by atoms with Crippen LogP contribution in [-0.2, 0) is 29.0 Å². The van der Waals surface area contributed by atoms with Gasteiger partial charge in [-0.05, 0) is 54.3 Å². The highest BCUT2D eigenvalue weighted by molar-refractivity contribution is 6.42. The molecule has 2 atom stereocenters. The van der Waals surface area contributed by atoms with Crippen LogP contribution < -0.4 is 5.32 Å². The third-order valence-corrected chi connectivity index (χ3v) is 6.62. The molecular formula is C28H29Cl2FN2O2. The van der Waals surface area contributed by atoms with Crippen molar-refractivity contribution in [2.45, 2.75) is 51.7 Å². The van der Waals surface area contributed by atoms with E-state index in [-0.39, 0.29) is 36.6 Å². The number of carbonyl (C=O) groups is 2. The van der Waals surface area contributed by atoms with Gasteiger partial charge in [0.1, 0.15) is 11.9 Å². The number of halogens is 3. The lowest BCUT2D eigenvalue weighted by Gasteiger charge is -2.32. The molecule has 35 heavy (non-hydrogen) atoms. The molecular weight excluding hydrogens is 486 g/mol. The fourth-order valence-corrected chi connectivity index (χ4v) is 4.03. The molecule has 3 rings (SSSR count). The van der Waals surface area contributed by atoms with E-state index >= 15 is 0 Å². The third kappa shape index (κ3) is 7.81. The molecule has 3 aromatic carbocycles. The maximum absolute atomic E-state index is 13.7. The van der Waals surface area contributed by atoms with E-state index in [0.29, 0.717) is 22.0 Å². The number of hydrogen-bond donors (Lipinski definition) is 1. The Bertz CT molecular complexity index is 1140. The molecule has 4 nitrogen and oxygen atoms in total. The molecule has 184 valence electrons. The molecule has 0 aromatic heterocycles. The number of carbonyl (C=O) groups excluding carboxylic acids is 2. The smallest absolute Gasteiger partial charge is 0.243 e. The minimum atomic E-state index is -0.758. The monoisotopic (exact) mass is 514 g/mol. The van der Waals surface area contributed by atoms with Crippen LogP contribution in [0.3, 0.4) is 0 Å². The molecule has 2 unspecified atom stereocenters. The number of rotatable bonds is 10. The van der Waals surface area contributed by atoms with Gasteiger partial charge >= 0.3 is 0 Å². The van der Waals surface area contributed by atoms with Gasteiger partial charge in [0, 0.05) is 19.0 Å². The molecule has 0 aliphatic carbocycles. The van der Waals surface area contributed by atoms with Gasteiger partial charge in [-0.1, -0.05) is 78.7 Å². The summed E-state index contributed by atoms with van der Waals surface area (Å²) in [7, 11) is 0. The Labute approximate surface area is 216 Å². The molecule has 2 amide bonds. The Morgan fingerprint density at radius 2 is 1.57 bits per heavy atom. The van der Waals surface area contributed by atoms with Crippen LogP contribution in [0.2, 0.25) is 10.0 Å². The Hall–Kier alpha value is -2.89. The molecule has 0 radical (unpaired) electrons. The molecule has 0 spiro atoms. The standard InChI is InChI=1S/C28H29Cl2FN2O2/c1-3-19(2)32-28(35)26(16-20-7-5-4-6-8-20)33(18-21-9-12-23(31)13-10-21)27(34)17-22-11-14-24(29)25(30)15-22/h4-15,19,26H,3,16-18H2,1-2H3,(H,32,35). The second-order valence-corrected chi connectivity index (χ2v) is 9.41. The third-order valence-electron chi connectivity index (χ3n) is 5.88. The van der Waals surface area contributed by atoms with Crippen LogP contribution in [0.1, 0.15) is 37.0 Å². The molecule has 3 aromatic rings. The highest BCUT2D eigenvalue weighted by Crippen LogP contribution is 2.24. The molecule has 0 aliphatic rings. The van der Waals surface area contributed by atoms with Crippen LogP contribution in [0.5, 0.6) is 0 Å². The summed E-state index contributed by atoms with van der Waals surface area (Å²) >= 11 is 12.2. The number of hydrogen-bond acceptors (Lipinski definition) is 2. The van der Waals surface area contributed by atoms with Gasteiger partial charge in [0.15, 0.2) is 0 Å². The lowest BCUT2D eigenvalue weighted by molar-refractivity contribution is -0.141. The van der Waals surface area contributed by atoms with Gasteiger partial charge in [0.25, 0.3) is 0 Å². The van der Waals surface area contributed by atoms with Gasteiger partial charge in [-0.25, -0.2) is 4.39 Å². The van der Waals surface area contributed by atoms with E-state index in [1.165, 1.54) is 12.1 Å². The quantitative estimate of drug-likeness (QED) is 0.348. The summed E-state index contributed by atoms with van der Waals surface area (Å²) in [6.45, 7) is 4.08. The van der Waals surface area contributed by atoms with Crippen LogP contribution in [0.25, 0.3) is 0 Å². The van der Waals surface area contributed by atoms with E-state index in [0.717, 1.165) is 17.5 Å². The minimum Gasteiger partial charge on any atom is -0.352 e. The molecule has 0 aliphatic heterocycles. The predicted molar refractivity (Wildman–Crippen MR) is 139 cm³/mol. The molecule has 0 saturated heterocycles. The van der Waals surface area contributed by atoms with E-state index in [4.69, 9.17) is 23.2 Å². The van der Waals surface area contributed by atoms with Crippen molar-refractivity contribution in [3.05, 3.63) is 105 Å². The van der Waals surface area contributed by atoms with Gasteiger partial charge in [-0.15, -0.1) is 0 Å². The summed E-state index contributed by atoms with van der Waals surface area (Å²) in [4.78, 5) is 28.7. The van der Waals surface area contributed by atoms with Crippen molar-refractivity contribution >= 4 is 35.0 Å². The summed E-state index contributed by atoms with van der Waals surface area (Å²) in [5.74, 6) is -0.835. The first-order valence-electron chi connectivity index (χ1n) is 11.6. The topological polar surface area (TPSA) is 49.4 Å². The van der Waals surface area contributed by atoms with Gasteiger partial charge < -0.3 is 10.2 Å². The van der Waals surface area contributed by atoms with E-state index in [9.17, 15) is 14.0 Å². The van der Waals surface area contributed by atoms with Crippen LogP contribution in [-0.4, -0.2) is 28.8 Å². The molecule has 1 N–H and O–H groups in total. The summed E-state index contributed by atoms with van der Waals surface area (Å²) in [6, 6.07) is 19.8. The van der Waals surface area contributed by atoms with Crippen molar-refractivity contribution in [3.8, 4) is 0 Å². The van der Waals surface area contributed by atoms with Crippen molar-refractivity contribution in [2.75, 3.05) is 0 Å². The first-order chi connectivity index (χ1) is 16.8. The SMILES string of the molecule is CCC(C)NC(=O)C(Cc1ccccc1)N(Cc1ccc(F)cc1)C(=O)Cc1ccc(Cl)c(Cl)c1. The Morgan fingerprint density at radius 3 is 2.20 bits per heavy atom. The predicted octanol–water partition coefficient (Wildman–Crippen LogP) is 6.23. The normalized spacial score (nSPS) is 12.6. The zero-order valence-electron chi connectivity index (χ0n) is 19.8. The molecule has 0 heterocycles. The van der Waals surface area contributed by atoms with Crippen LogP contribution >= 0.6 is 23.2 Å². The van der Waals surface area contributed by atoms with Crippen molar-refractivity contribution < 1.29 is 14.0 Å². The molecule has 0 saturated carbocycles. The van der Waals surface area contributed by atoms with Crippen LogP contribution in [0, 0.1) is 5.82 Å². The summed E-state index contributed by atoms with van der Waals surface area (Å²) in [5.41, 5.74) is 2.35. The average molecular weight is 515 g/mol. The summed E-state index contributed by atoms with van der Waals surface area (Å²) in [5, 5.41) is 3.79. The van der Waals surface area contributed by atoms with Gasteiger partial charge in [0.2, 0.25) is 11.8 Å². The Morgan fingerprint density at radius 1 is 0.914 bits per heavy atom. The fraction of sp³-hybridized carbons (Fsp3) is 0.286. The van der Waals surface area contributed by atoms with Crippen LogP contribution in [0.15, 0.2) is 72.8 Å². The van der Waals surface area contributed by atoms with Crippen molar-refractivity contribution in [3.63, 3.8) is 0 Å². The van der Waals surface area contributed by atoms with E-state index in [2.05, 4.69) is 5.32 Å². The first-order valence-corrected chi connectivity index (χ1v) is 12.3. The van der Waals surface area contributed by atoms with Gasteiger partial charge in [-0.2, -0.15) is 0 Å². The molecule has 0 bridgehead atoms. The molecule has 0 fully saturated rings. The highest BCUT2D eigenvalue weighted by atomic mass is 35.5. The second kappa shape index (κ2) is 12.7. The van der Waals surface area contributed by atoms with Gasteiger partial charge in [-0.3, -0.25) is 9.59 Å². The van der Waals surface area contributed by atoms with Gasteiger partial charge in [0.05, 0.1) is 16.5 Å². The average Bonchev–Trinajstić information content (AvgIpc) is 2.85. The summed E-state index contributed by atoms with van der Waals surface area (Å²) in [6.07, 6.45) is 1.15. The second-order valence-electron chi connectivity index (χ2n) is 8.60. The van der Waals surface area contributed by atoms with E-state index < -0.39 is 6.04 Å². The highest BCUT2D eigenvalue weighted by Gasteiger charge is 2.31. The minimum absolute atomic E-state index is 0.0417. The Kier molecular flexibility index (Phi) is 9.70. The lowest BCUT2D eigenvalue weighted by atomic mass is 10.0. The van der Waals surface area contributed by atoms with Crippen molar-refractivity contribution in [2.24, 2.45) is 0 Å². The molecule has 7 heteroatoms. The Balaban J connectivity index is 1.97. The number of benzene rings is 3. The lowest BCUT2D eigenvalue weighted by Crippen LogP contribution is -2.52. The maximum atomic E-state index is 13.7. The van der Waals surface area contributed by atoms with Crippen LogP contribution in [0.4, 0.5) is 4.39 Å². The largest absolute Gasteiger partial charge is 0.352 e. The van der Waals surface area contributed by atoms with E-state index in [1.54, 1.807) is 35.2 Å². The summed E-state index contributed by atoms with van der Waals surface area (Å²) < 4.78 is 13.5. The zero-order valence-corrected chi connectivity index (χ0v) is 21.3. The van der Waals surface area contributed by atoms with E-state index in [1.807, 2.05) is 44.2 Å². The number of amides is 2. The van der Waals surface area contributed by atoms with Crippen molar-refractivity contribution in [1.82, 2.24) is 10.2 Å². The first kappa shape index (κ1) is 26.7.